The first-order valence-electron chi connectivity index (χ1n) is 2.99. The smallest absolute Gasteiger partial charge is 0.0777 e. The predicted octanol–water partition coefficient (Wildman–Crippen LogP) is 1.57. The molecule has 2 nitrogen and oxygen atoms in total. The summed E-state index contributed by atoms with van der Waals surface area (Å²) in [6.07, 6.45) is 0. The van der Waals surface area contributed by atoms with E-state index in [1.165, 1.54) is 0 Å². The van der Waals surface area contributed by atoms with E-state index in [1.807, 2.05) is 20.8 Å². The molecule has 0 aromatic heterocycles. The summed E-state index contributed by atoms with van der Waals surface area (Å²) in [4.78, 5) is 0. The summed E-state index contributed by atoms with van der Waals surface area (Å²) in [5, 5.41) is 8.47. The van der Waals surface area contributed by atoms with Crippen LogP contribution in [0.3, 0.4) is 0 Å². The molecule has 0 spiro atoms. The van der Waals surface area contributed by atoms with Crippen molar-refractivity contribution in [3.63, 3.8) is 0 Å². The number of nitrogens with zero attached hydrogens (tertiary/aromatic N) is 1. The van der Waals surface area contributed by atoms with E-state index in [4.69, 9.17) is 10.00 Å². The molecule has 0 fully saturated rings. The van der Waals surface area contributed by atoms with Crippen molar-refractivity contribution < 1.29 is 4.74 Å². The number of nitriles is 1. The highest BCUT2D eigenvalue weighted by atomic mass is 16.5. The molecule has 0 rings (SSSR count). The van der Waals surface area contributed by atoms with Crippen LogP contribution in [0, 0.1) is 17.2 Å². The lowest BCUT2D eigenvalue weighted by Gasteiger charge is -2.24. The minimum atomic E-state index is -0.311. The summed E-state index contributed by atoms with van der Waals surface area (Å²) in [7, 11) is 1.62. The van der Waals surface area contributed by atoms with Crippen molar-refractivity contribution in [3.8, 4) is 6.07 Å². The van der Waals surface area contributed by atoms with Gasteiger partial charge in [-0.15, -0.1) is 0 Å². The van der Waals surface area contributed by atoms with E-state index in [2.05, 4.69) is 6.07 Å². The third kappa shape index (κ3) is 2.03. The number of hydrogen-bond donors (Lipinski definition) is 0. The molecule has 0 aliphatic rings. The molecule has 0 saturated heterocycles. The normalized spacial score (nSPS) is 14.6. The lowest BCUT2D eigenvalue weighted by Crippen LogP contribution is -2.30. The molecule has 2 heteroatoms. The number of ether oxygens (including phenoxy) is 1. The van der Waals surface area contributed by atoms with Crippen LogP contribution < -0.4 is 0 Å². The summed E-state index contributed by atoms with van der Waals surface area (Å²) in [6, 6.07) is 2.13. The molecule has 0 aliphatic carbocycles. The molecular formula is C7H13NO. The second-order valence-electron chi connectivity index (χ2n) is 2.66. The van der Waals surface area contributed by atoms with Gasteiger partial charge in [0.15, 0.2) is 0 Å². The molecule has 0 heterocycles. The van der Waals surface area contributed by atoms with Crippen LogP contribution in [0.4, 0.5) is 0 Å². The highest BCUT2D eigenvalue weighted by Crippen LogP contribution is 2.18. The molecule has 0 N–H and O–H groups in total. The molecule has 0 bridgehead atoms. The van der Waals surface area contributed by atoms with E-state index in [0.717, 1.165) is 0 Å². The fourth-order valence-corrected chi connectivity index (χ4v) is 0.332. The van der Waals surface area contributed by atoms with E-state index in [9.17, 15) is 0 Å². The van der Waals surface area contributed by atoms with Gasteiger partial charge in [0.2, 0.25) is 0 Å². The van der Waals surface area contributed by atoms with Crippen molar-refractivity contribution in [2.45, 2.75) is 26.4 Å². The van der Waals surface area contributed by atoms with Gasteiger partial charge in [-0.25, -0.2) is 0 Å². The van der Waals surface area contributed by atoms with Crippen molar-refractivity contribution in [3.05, 3.63) is 0 Å². The monoisotopic (exact) mass is 127 g/mol. The van der Waals surface area contributed by atoms with Crippen molar-refractivity contribution in [1.29, 1.82) is 5.26 Å². The van der Waals surface area contributed by atoms with Crippen LogP contribution in [0.25, 0.3) is 0 Å². The van der Waals surface area contributed by atoms with Crippen LogP contribution >= 0.6 is 0 Å². The topological polar surface area (TPSA) is 33.0 Å². The Morgan fingerprint density at radius 3 is 2.11 bits per heavy atom. The zero-order valence-corrected chi connectivity index (χ0v) is 6.43. The van der Waals surface area contributed by atoms with E-state index < -0.39 is 0 Å². The summed E-state index contributed by atoms with van der Waals surface area (Å²) in [5.41, 5.74) is -0.311. The summed E-state index contributed by atoms with van der Waals surface area (Å²) < 4.78 is 5.07. The Morgan fingerprint density at radius 1 is 1.56 bits per heavy atom. The molecule has 9 heavy (non-hydrogen) atoms. The first-order valence-corrected chi connectivity index (χ1v) is 2.99. The van der Waals surface area contributed by atoms with E-state index >= 15 is 0 Å². The van der Waals surface area contributed by atoms with Crippen LogP contribution in [0.15, 0.2) is 0 Å². The minimum absolute atomic E-state index is 0.0532. The third-order valence-electron chi connectivity index (χ3n) is 1.76. The number of rotatable bonds is 2. The van der Waals surface area contributed by atoms with Gasteiger partial charge in [-0.05, 0) is 20.8 Å². The lowest BCUT2D eigenvalue weighted by atomic mass is 9.94. The highest BCUT2D eigenvalue weighted by molar-refractivity contribution is 4.91. The number of hydrogen-bond acceptors (Lipinski definition) is 2. The Hall–Kier alpha value is -0.550. The first-order chi connectivity index (χ1) is 4.04. The Balaban J connectivity index is 4.01. The molecule has 0 aliphatic heterocycles. The SMILES string of the molecule is COC(C)(C)C(C)C#N. The second-order valence-corrected chi connectivity index (χ2v) is 2.66. The molecule has 0 aromatic carbocycles. The van der Waals surface area contributed by atoms with Gasteiger partial charge in [-0.1, -0.05) is 0 Å². The van der Waals surface area contributed by atoms with Gasteiger partial charge < -0.3 is 4.74 Å². The van der Waals surface area contributed by atoms with Crippen molar-refractivity contribution >= 4 is 0 Å². The van der Waals surface area contributed by atoms with Gasteiger partial charge in [0.05, 0.1) is 17.6 Å². The largest absolute Gasteiger partial charge is 0.377 e. The quantitative estimate of drug-likeness (QED) is 0.564. The molecule has 1 unspecified atom stereocenters. The van der Waals surface area contributed by atoms with Gasteiger partial charge in [0, 0.05) is 7.11 Å². The van der Waals surface area contributed by atoms with E-state index in [-0.39, 0.29) is 11.5 Å². The van der Waals surface area contributed by atoms with Crippen molar-refractivity contribution in [1.82, 2.24) is 0 Å². The summed E-state index contributed by atoms with van der Waals surface area (Å²) >= 11 is 0. The molecular weight excluding hydrogens is 114 g/mol. The minimum Gasteiger partial charge on any atom is -0.377 e. The maximum absolute atomic E-state index is 8.47. The zero-order valence-electron chi connectivity index (χ0n) is 6.43. The zero-order chi connectivity index (χ0) is 7.49. The van der Waals surface area contributed by atoms with Gasteiger partial charge in [-0.2, -0.15) is 5.26 Å². The van der Waals surface area contributed by atoms with Crippen LogP contribution in [0.2, 0.25) is 0 Å². The second kappa shape index (κ2) is 2.84. The molecule has 0 radical (unpaired) electrons. The molecule has 0 amide bonds. The van der Waals surface area contributed by atoms with E-state index in [1.54, 1.807) is 7.11 Å². The average Bonchev–Trinajstić information content (AvgIpc) is 1.86. The Labute approximate surface area is 56.4 Å². The van der Waals surface area contributed by atoms with Crippen molar-refractivity contribution in [2.75, 3.05) is 7.11 Å². The maximum Gasteiger partial charge on any atom is 0.0777 e. The molecule has 52 valence electrons. The molecule has 0 aromatic rings. The van der Waals surface area contributed by atoms with Crippen molar-refractivity contribution in [2.24, 2.45) is 5.92 Å². The van der Waals surface area contributed by atoms with E-state index in [0.29, 0.717) is 0 Å². The standard InChI is InChI=1S/C7H13NO/c1-6(5-8)7(2,3)9-4/h6H,1-4H3. The fourth-order valence-electron chi connectivity index (χ4n) is 0.332. The Morgan fingerprint density at radius 2 is 2.00 bits per heavy atom. The van der Waals surface area contributed by atoms with Crippen LogP contribution in [-0.2, 0) is 4.74 Å². The van der Waals surface area contributed by atoms with Crippen LogP contribution in [0.1, 0.15) is 20.8 Å². The van der Waals surface area contributed by atoms with Crippen LogP contribution in [-0.4, -0.2) is 12.7 Å². The third-order valence-corrected chi connectivity index (χ3v) is 1.76. The Kier molecular flexibility index (Phi) is 2.66. The number of methoxy groups -OCH3 is 1. The first kappa shape index (κ1) is 8.45. The predicted molar refractivity (Wildman–Crippen MR) is 35.9 cm³/mol. The lowest BCUT2D eigenvalue weighted by molar-refractivity contribution is -0.00427. The summed E-state index contributed by atoms with van der Waals surface area (Å²) in [5.74, 6) is -0.0532. The van der Waals surface area contributed by atoms with Crippen LogP contribution in [0.5, 0.6) is 0 Å². The van der Waals surface area contributed by atoms with Gasteiger partial charge >= 0.3 is 0 Å². The Bertz CT molecular complexity index is 123. The summed E-state index contributed by atoms with van der Waals surface area (Å²) in [6.45, 7) is 5.66. The maximum atomic E-state index is 8.47. The average molecular weight is 127 g/mol. The molecule has 1 atom stereocenters. The highest BCUT2D eigenvalue weighted by Gasteiger charge is 2.24. The molecule has 0 saturated carbocycles. The van der Waals surface area contributed by atoms with Gasteiger partial charge in [0.25, 0.3) is 0 Å². The van der Waals surface area contributed by atoms with Gasteiger partial charge in [0.1, 0.15) is 0 Å². The fraction of sp³-hybridized carbons (Fsp3) is 0.857. The van der Waals surface area contributed by atoms with Gasteiger partial charge in [-0.3, -0.25) is 0 Å².